The predicted molar refractivity (Wildman–Crippen MR) is 89.2 cm³/mol. The molecule has 0 atom stereocenters. The van der Waals surface area contributed by atoms with Crippen LogP contribution in [0.3, 0.4) is 0 Å². The molecule has 22 heavy (non-hydrogen) atoms. The third kappa shape index (κ3) is 3.40. The fraction of sp³-hybridized carbons (Fsp3) is 0.0667. The van der Waals surface area contributed by atoms with Gasteiger partial charge in [-0.25, -0.2) is 4.68 Å². The lowest BCUT2D eigenvalue weighted by Crippen LogP contribution is -2.05. The molecule has 5 nitrogen and oxygen atoms in total. The molecule has 1 aromatic heterocycles. The second kappa shape index (κ2) is 6.37. The van der Waals surface area contributed by atoms with E-state index in [9.17, 15) is 0 Å². The fourth-order valence-corrected chi connectivity index (χ4v) is 2.38. The highest BCUT2D eigenvalue weighted by Crippen LogP contribution is 2.27. The van der Waals surface area contributed by atoms with Gasteiger partial charge >= 0.3 is 6.01 Å². The Bertz CT molecular complexity index is 788. The lowest BCUT2D eigenvalue weighted by atomic mass is 10.2. The molecular formula is C15H12BrClN4O. The van der Waals surface area contributed by atoms with E-state index in [1.54, 1.807) is 16.8 Å². The van der Waals surface area contributed by atoms with Gasteiger partial charge in [0.1, 0.15) is 0 Å². The van der Waals surface area contributed by atoms with Gasteiger partial charge in [-0.15, -0.1) is 5.10 Å². The molecule has 7 heteroatoms. The molecule has 112 valence electrons. The highest BCUT2D eigenvalue weighted by Gasteiger charge is 2.12. The second-order valence-corrected chi connectivity index (χ2v) is 5.73. The Morgan fingerprint density at radius 2 is 1.86 bits per heavy atom. The summed E-state index contributed by atoms with van der Waals surface area (Å²) in [6.07, 6.45) is 0. The fourth-order valence-electron chi connectivity index (χ4n) is 1.91. The van der Waals surface area contributed by atoms with Crippen LogP contribution in [0.4, 0.5) is 5.69 Å². The molecule has 1 heterocycles. The van der Waals surface area contributed by atoms with Crippen molar-refractivity contribution in [2.45, 2.75) is 6.54 Å². The van der Waals surface area contributed by atoms with E-state index in [1.165, 1.54) is 0 Å². The molecule has 2 N–H and O–H groups in total. The summed E-state index contributed by atoms with van der Waals surface area (Å²) < 4.78 is 7.87. The van der Waals surface area contributed by atoms with Gasteiger partial charge in [-0.05, 0) is 45.8 Å². The van der Waals surface area contributed by atoms with E-state index < -0.39 is 0 Å². The lowest BCUT2D eigenvalue weighted by molar-refractivity contribution is 0.407. The molecule has 0 spiro atoms. The Morgan fingerprint density at radius 3 is 2.59 bits per heavy atom. The van der Waals surface area contributed by atoms with E-state index in [2.05, 4.69) is 26.0 Å². The maximum Gasteiger partial charge on any atom is 0.321 e. The zero-order chi connectivity index (χ0) is 15.5. The van der Waals surface area contributed by atoms with Crippen molar-refractivity contribution in [2.24, 2.45) is 0 Å². The first-order chi connectivity index (χ1) is 10.6. The number of nitrogens with two attached hydrogens (primary N) is 1. The minimum atomic E-state index is 0.361. The zero-order valence-corrected chi connectivity index (χ0v) is 13.8. The topological polar surface area (TPSA) is 66.0 Å². The van der Waals surface area contributed by atoms with E-state index in [4.69, 9.17) is 22.1 Å². The second-order valence-electron chi connectivity index (χ2n) is 4.59. The average Bonchev–Trinajstić information content (AvgIpc) is 2.83. The zero-order valence-electron chi connectivity index (χ0n) is 11.4. The summed E-state index contributed by atoms with van der Waals surface area (Å²) in [5.41, 5.74) is 7.46. The number of aromatic nitrogens is 3. The molecule has 0 saturated heterocycles. The van der Waals surface area contributed by atoms with Crippen LogP contribution >= 0.6 is 27.5 Å². The molecule has 0 aliphatic rings. The van der Waals surface area contributed by atoms with Crippen molar-refractivity contribution >= 4 is 33.2 Å². The van der Waals surface area contributed by atoms with Crippen LogP contribution in [-0.4, -0.2) is 14.8 Å². The van der Waals surface area contributed by atoms with Crippen LogP contribution in [0.5, 0.6) is 11.8 Å². The summed E-state index contributed by atoms with van der Waals surface area (Å²) >= 11 is 9.16. The first-order valence-electron chi connectivity index (χ1n) is 6.49. The molecule has 0 bridgehead atoms. The van der Waals surface area contributed by atoms with Crippen molar-refractivity contribution in [2.75, 3.05) is 5.73 Å². The number of benzene rings is 2. The Labute approximate surface area is 140 Å². The van der Waals surface area contributed by atoms with Gasteiger partial charge in [0, 0.05) is 5.02 Å². The normalized spacial score (nSPS) is 10.6. The molecule has 0 fully saturated rings. The standard InChI is InChI=1S/C15H12BrClN4O/c16-14-19-15(22-13-4-2-1-3-12(13)18)21(20-14)9-10-5-7-11(17)8-6-10/h1-8H,9,18H2. The summed E-state index contributed by atoms with van der Waals surface area (Å²) in [6.45, 7) is 0.512. The van der Waals surface area contributed by atoms with Crippen molar-refractivity contribution in [3.63, 3.8) is 0 Å². The van der Waals surface area contributed by atoms with Crippen molar-refractivity contribution in [1.29, 1.82) is 0 Å². The Morgan fingerprint density at radius 1 is 1.14 bits per heavy atom. The quantitative estimate of drug-likeness (QED) is 0.693. The van der Waals surface area contributed by atoms with E-state index >= 15 is 0 Å². The van der Waals surface area contributed by atoms with Gasteiger partial charge in [0.2, 0.25) is 4.73 Å². The number of nitrogen functional groups attached to an aromatic ring is 1. The third-order valence-corrected chi connectivity index (χ3v) is 3.57. The highest BCUT2D eigenvalue weighted by molar-refractivity contribution is 9.10. The summed E-state index contributed by atoms with van der Waals surface area (Å²) in [5, 5.41) is 4.97. The van der Waals surface area contributed by atoms with Gasteiger partial charge in [-0.2, -0.15) is 4.98 Å². The third-order valence-electron chi connectivity index (χ3n) is 2.98. The van der Waals surface area contributed by atoms with E-state index in [-0.39, 0.29) is 0 Å². The molecule has 3 rings (SSSR count). The van der Waals surface area contributed by atoms with Crippen LogP contribution in [0, 0.1) is 0 Å². The van der Waals surface area contributed by atoms with Crippen LogP contribution in [0.2, 0.25) is 5.02 Å². The van der Waals surface area contributed by atoms with Crippen LogP contribution in [0.25, 0.3) is 0 Å². The van der Waals surface area contributed by atoms with Crippen LogP contribution in [-0.2, 0) is 6.54 Å². The number of nitrogens with zero attached hydrogens (tertiary/aromatic N) is 3. The number of para-hydroxylation sites is 2. The monoisotopic (exact) mass is 378 g/mol. The summed E-state index contributed by atoms with van der Waals surface area (Å²) in [6, 6.07) is 15.1. The maximum absolute atomic E-state index is 5.89. The van der Waals surface area contributed by atoms with Gasteiger partial charge in [-0.3, -0.25) is 0 Å². The van der Waals surface area contributed by atoms with E-state index in [0.717, 1.165) is 5.56 Å². The minimum absolute atomic E-state index is 0.361. The maximum atomic E-state index is 5.89. The van der Waals surface area contributed by atoms with Gasteiger partial charge in [0.25, 0.3) is 0 Å². The largest absolute Gasteiger partial charge is 0.422 e. The summed E-state index contributed by atoms with van der Waals surface area (Å²) in [4.78, 5) is 4.23. The lowest BCUT2D eigenvalue weighted by Gasteiger charge is -2.09. The van der Waals surface area contributed by atoms with Crippen LogP contribution in [0.15, 0.2) is 53.3 Å². The predicted octanol–water partition coefficient (Wildman–Crippen LogP) is 4.12. The molecule has 0 aliphatic heterocycles. The number of hydrogen-bond acceptors (Lipinski definition) is 4. The Balaban J connectivity index is 1.86. The number of halogens is 2. The Hall–Kier alpha value is -2.05. The van der Waals surface area contributed by atoms with Crippen molar-refractivity contribution in [3.05, 3.63) is 63.9 Å². The molecule has 0 unspecified atom stereocenters. The molecule has 0 radical (unpaired) electrons. The first kappa shape index (κ1) is 14.9. The van der Waals surface area contributed by atoms with E-state index in [0.29, 0.717) is 33.7 Å². The van der Waals surface area contributed by atoms with E-state index in [1.807, 2.05) is 36.4 Å². The molecule has 0 aliphatic carbocycles. The Kier molecular flexibility index (Phi) is 4.31. The number of rotatable bonds is 4. The first-order valence-corrected chi connectivity index (χ1v) is 7.66. The number of ether oxygens (including phenoxy) is 1. The van der Waals surface area contributed by atoms with Crippen LogP contribution in [0.1, 0.15) is 5.56 Å². The van der Waals surface area contributed by atoms with Gasteiger partial charge < -0.3 is 10.5 Å². The smallest absolute Gasteiger partial charge is 0.321 e. The van der Waals surface area contributed by atoms with Gasteiger partial charge in [0.15, 0.2) is 5.75 Å². The van der Waals surface area contributed by atoms with Crippen molar-refractivity contribution < 1.29 is 4.74 Å². The van der Waals surface area contributed by atoms with Crippen molar-refractivity contribution in [3.8, 4) is 11.8 Å². The minimum Gasteiger partial charge on any atom is -0.422 e. The molecule has 0 saturated carbocycles. The molecule has 0 amide bonds. The van der Waals surface area contributed by atoms with Crippen LogP contribution < -0.4 is 10.5 Å². The number of hydrogen-bond donors (Lipinski definition) is 1. The molecule has 3 aromatic rings. The van der Waals surface area contributed by atoms with Gasteiger partial charge in [-0.1, -0.05) is 35.9 Å². The highest BCUT2D eigenvalue weighted by atomic mass is 79.9. The van der Waals surface area contributed by atoms with Gasteiger partial charge in [0.05, 0.1) is 12.2 Å². The number of anilines is 1. The van der Waals surface area contributed by atoms with Crippen molar-refractivity contribution in [1.82, 2.24) is 14.8 Å². The SMILES string of the molecule is Nc1ccccc1Oc1nc(Br)nn1Cc1ccc(Cl)cc1. The summed E-state index contributed by atoms with van der Waals surface area (Å²) in [5.74, 6) is 0.541. The molecule has 2 aromatic carbocycles. The summed E-state index contributed by atoms with van der Waals surface area (Å²) in [7, 11) is 0. The molecular weight excluding hydrogens is 368 g/mol. The average molecular weight is 380 g/mol.